The van der Waals surface area contributed by atoms with Crippen LogP contribution in [0.1, 0.15) is 21.6 Å². The number of anilines is 1. The third-order valence-electron chi connectivity index (χ3n) is 5.29. The lowest BCUT2D eigenvalue weighted by Crippen LogP contribution is -2.24. The number of hydrogen-bond acceptors (Lipinski definition) is 6. The van der Waals surface area contributed by atoms with Gasteiger partial charge in [-0.15, -0.1) is 0 Å². The molecule has 0 bridgehead atoms. The van der Waals surface area contributed by atoms with Gasteiger partial charge in [0.15, 0.2) is 0 Å². The average Bonchev–Trinajstić information content (AvgIpc) is 2.87. The average molecular weight is 505 g/mol. The van der Waals surface area contributed by atoms with Crippen LogP contribution in [0.15, 0.2) is 88.6 Å². The predicted octanol–water partition coefficient (Wildman–Crippen LogP) is 3.48. The van der Waals surface area contributed by atoms with E-state index in [1.165, 1.54) is 31.4 Å². The first kappa shape index (κ1) is 24.8. The summed E-state index contributed by atoms with van der Waals surface area (Å²) in [5.41, 5.74) is 2.26. The van der Waals surface area contributed by atoms with Crippen LogP contribution in [0.3, 0.4) is 0 Å². The van der Waals surface area contributed by atoms with Gasteiger partial charge in [0.25, 0.3) is 11.5 Å². The summed E-state index contributed by atoms with van der Waals surface area (Å²) in [4.78, 5) is 31.6. The van der Waals surface area contributed by atoms with Crippen molar-refractivity contribution in [2.24, 2.45) is 0 Å². The number of nitrogens with one attached hydrogen (secondary N) is 3. The quantitative estimate of drug-likeness (QED) is 0.337. The molecule has 4 rings (SSSR count). The molecule has 36 heavy (non-hydrogen) atoms. The molecule has 0 aliphatic carbocycles. The summed E-state index contributed by atoms with van der Waals surface area (Å²) >= 11 is 0. The van der Waals surface area contributed by atoms with Gasteiger partial charge in [-0.3, -0.25) is 9.59 Å². The zero-order valence-corrected chi connectivity index (χ0v) is 20.4. The zero-order chi connectivity index (χ0) is 25.7. The summed E-state index contributed by atoms with van der Waals surface area (Å²) in [5.74, 6) is -0.0259. The first-order chi connectivity index (χ1) is 17.2. The number of methoxy groups -OCH3 is 1. The molecule has 3 N–H and O–H groups in total. The minimum absolute atomic E-state index is 0.0879. The number of aromatic amines is 1. The molecule has 10 heteroatoms. The molecule has 0 unspecified atom stereocenters. The number of ether oxygens (including phenoxy) is 1. The number of H-pyrrole nitrogens is 1. The van der Waals surface area contributed by atoms with Crippen molar-refractivity contribution < 1.29 is 17.9 Å². The zero-order valence-electron chi connectivity index (χ0n) is 19.6. The normalized spacial score (nSPS) is 11.2. The van der Waals surface area contributed by atoms with Crippen LogP contribution in [0.2, 0.25) is 0 Å². The van der Waals surface area contributed by atoms with E-state index >= 15 is 0 Å². The van der Waals surface area contributed by atoms with Gasteiger partial charge in [0.05, 0.1) is 7.11 Å². The number of aromatic nitrogens is 2. The van der Waals surface area contributed by atoms with Crippen molar-refractivity contribution in [2.75, 3.05) is 12.4 Å². The smallest absolute Gasteiger partial charge is 0.255 e. The van der Waals surface area contributed by atoms with Crippen LogP contribution in [0.25, 0.3) is 11.4 Å². The predicted molar refractivity (Wildman–Crippen MR) is 136 cm³/mol. The second kappa shape index (κ2) is 10.5. The first-order valence-electron chi connectivity index (χ1n) is 11.0. The molecule has 1 amide bonds. The van der Waals surface area contributed by atoms with Gasteiger partial charge in [-0.05, 0) is 42.8 Å². The standard InChI is InChI=1S/C26H24N4O5S/c1-17-13-24(31)30-25(28-17)19-9-6-10-21(14-19)29-26(32)20-11-12-22(35-2)23(15-20)36(33,34)27-16-18-7-4-3-5-8-18/h3-15,27H,16H2,1-2H3,(H,29,32)(H,28,30,31). The van der Waals surface area contributed by atoms with E-state index < -0.39 is 15.9 Å². The Kier molecular flexibility index (Phi) is 7.28. The van der Waals surface area contributed by atoms with E-state index in [-0.39, 0.29) is 28.3 Å². The molecule has 9 nitrogen and oxygen atoms in total. The molecule has 1 aromatic heterocycles. The van der Waals surface area contributed by atoms with Gasteiger partial charge in [0.1, 0.15) is 16.5 Å². The van der Waals surface area contributed by atoms with E-state index in [0.29, 0.717) is 22.8 Å². The maximum absolute atomic E-state index is 13.0. The SMILES string of the molecule is COc1ccc(C(=O)Nc2cccc(-c3nc(C)cc(=O)[nH]3)c2)cc1S(=O)(=O)NCc1ccccc1. The van der Waals surface area contributed by atoms with Crippen molar-refractivity contribution in [3.63, 3.8) is 0 Å². The van der Waals surface area contributed by atoms with Crippen molar-refractivity contribution in [1.82, 2.24) is 14.7 Å². The highest BCUT2D eigenvalue weighted by Gasteiger charge is 2.22. The van der Waals surface area contributed by atoms with Crippen LogP contribution >= 0.6 is 0 Å². The third kappa shape index (κ3) is 5.85. The highest BCUT2D eigenvalue weighted by atomic mass is 32.2. The fourth-order valence-corrected chi connectivity index (χ4v) is 4.75. The maximum atomic E-state index is 13.0. The second-order valence-corrected chi connectivity index (χ2v) is 9.68. The molecular weight excluding hydrogens is 480 g/mol. The molecule has 0 aliphatic rings. The van der Waals surface area contributed by atoms with Crippen molar-refractivity contribution >= 4 is 21.6 Å². The van der Waals surface area contributed by atoms with Crippen molar-refractivity contribution in [2.45, 2.75) is 18.4 Å². The van der Waals surface area contributed by atoms with E-state index in [1.54, 1.807) is 43.3 Å². The molecule has 0 saturated heterocycles. The van der Waals surface area contributed by atoms with Gasteiger partial charge in [-0.25, -0.2) is 18.1 Å². The lowest BCUT2D eigenvalue weighted by atomic mass is 10.1. The number of sulfonamides is 1. The van der Waals surface area contributed by atoms with Gasteiger partial charge >= 0.3 is 0 Å². The fourth-order valence-electron chi connectivity index (χ4n) is 3.54. The molecule has 1 heterocycles. The Morgan fingerprint density at radius 1 is 1.00 bits per heavy atom. The van der Waals surface area contributed by atoms with E-state index in [1.807, 2.05) is 18.2 Å². The Labute approximate surface area is 208 Å². The molecule has 0 radical (unpaired) electrons. The number of nitrogens with zero attached hydrogens (tertiary/aromatic N) is 1. The molecule has 3 aromatic carbocycles. The Balaban J connectivity index is 1.57. The summed E-state index contributed by atoms with van der Waals surface area (Å²) in [7, 11) is -2.62. The number of carbonyl (C=O) groups is 1. The summed E-state index contributed by atoms with van der Waals surface area (Å²) < 4.78 is 33.8. The van der Waals surface area contributed by atoms with Gasteiger partial charge in [0.2, 0.25) is 10.0 Å². The molecular formula is C26H24N4O5S. The molecule has 0 saturated carbocycles. The summed E-state index contributed by atoms with van der Waals surface area (Å²) in [6, 6.07) is 21.5. The second-order valence-electron chi connectivity index (χ2n) is 7.95. The highest BCUT2D eigenvalue weighted by molar-refractivity contribution is 7.89. The van der Waals surface area contributed by atoms with Crippen LogP contribution < -0.4 is 20.3 Å². The van der Waals surface area contributed by atoms with E-state index in [9.17, 15) is 18.0 Å². The molecule has 4 aromatic rings. The number of hydrogen-bond donors (Lipinski definition) is 3. The van der Waals surface area contributed by atoms with Gasteiger partial charge < -0.3 is 15.0 Å². The lowest BCUT2D eigenvalue weighted by Gasteiger charge is -2.13. The van der Waals surface area contributed by atoms with E-state index in [2.05, 4.69) is 20.0 Å². The molecule has 0 aliphatic heterocycles. The number of rotatable bonds is 8. The molecule has 0 atom stereocenters. The van der Waals surface area contributed by atoms with Gasteiger partial charge in [0, 0.05) is 35.1 Å². The Hall–Kier alpha value is -4.28. The fraction of sp³-hybridized carbons (Fsp3) is 0.115. The first-order valence-corrected chi connectivity index (χ1v) is 12.4. The molecule has 0 spiro atoms. The van der Waals surface area contributed by atoms with Gasteiger partial charge in [-0.2, -0.15) is 0 Å². The number of amides is 1. The summed E-state index contributed by atoms with van der Waals surface area (Å²) in [6.07, 6.45) is 0. The van der Waals surface area contributed by atoms with Crippen molar-refractivity contribution in [1.29, 1.82) is 0 Å². The maximum Gasteiger partial charge on any atom is 0.255 e. The summed E-state index contributed by atoms with van der Waals surface area (Å²) in [6.45, 7) is 1.80. The Morgan fingerprint density at radius 3 is 2.50 bits per heavy atom. The number of aryl methyl sites for hydroxylation is 1. The monoisotopic (exact) mass is 504 g/mol. The van der Waals surface area contributed by atoms with Crippen LogP contribution in [-0.2, 0) is 16.6 Å². The Morgan fingerprint density at radius 2 is 1.78 bits per heavy atom. The Bertz CT molecular complexity index is 1570. The minimum Gasteiger partial charge on any atom is -0.495 e. The number of carbonyl (C=O) groups excluding carboxylic acids is 1. The lowest BCUT2D eigenvalue weighted by molar-refractivity contribution is 0.102. The molecule has 184 valence electrons. The minimum atomic E-state index is -3.98. The van der Waals surface area contributed by atoms with Crippen LogP contribution in [0.4, 0.5) is 5.69 Å². The van der Waals surface area contributed by atoms with Gasteiger partial charge in [-0.1, -0.05) is 42.5 Å². The molecule has 0 fully saturated rings. The third-order valence-corrected chi connectivity index (χ3v) is 6.71. The highest BCUT2D eigenvalue weighted by Crippen LogP contribution is 2.26. The van der Waals surface area contributed by atoms with E-state index in [4.69, 9.17) is 4.74 Å². The van der Waals surface area contributed by atoms with Crippen molar-refractivity contribution in [3.8, 4) is 17.1 Å². The summed E-state index contributed by atoms with van der Waals surface area (Å²) in [5, 5.41) is 2.76. The van der Waals surface area contributed by atoms with Crippen molar-refractivity contribution in [3.05, 3.63) is 106 Å². The number of benzene rings is 3. The topological polar surface area (TPSA) is 130 Å². The van der Waals surface area contributed by atoms with Crippen LogP contribution in [0.5, 0.6) is 5.75 Å². The van der Waals surface area contributed by atoms with Crippen LogP contribution in [-0.4, -0.2) is 31.4 Å². The van der Waals surface area contributed by atoms with Crippen LogP contribution in [0, 0.1) is 6.92 Å². The largest absolute Gasteiger partial charge is 0.495 e. The van der Waals surface area contributed by atoms with E-state index in [0.717, 1.165) is 5.56 Å².